The smallest absolute Gasteiger partial charge is 0.336 e. The van der Waals surface area contributed by atoms with Crippen LogP contribution in [0.3, 0.4) is 0 Å². The normalized spacial score (nSPS) is 15.6. The van der Waals surface area contributed by atoms with Crippen LogP contribution in [0.2, 0.25) is 0 Å². The van der Waals surface area contributed by atoms with Gasteiger partial charge >= 0.3 is 5.97 Å². The number of aliphatic hydroxyl groups is 1. The molecule has 0 aliphatic carbocycles. The fourth-order valence-corrected chi connectivity index (χ4v) is 1.82. The summed E-state index contributed by atoms with van der Waals surface area (Å²) in [5, 5.41) is 13.4. The Labute approximate surface area is 114 Å². The van der Waals surface area contributed by atoms with Crippen LogP contribution in [-0.2, 0) is 9.53 Å². The predicted octanol–water partition coefficient (Wildman–Crippen LogP) is 2.04. The van der Waals surface area contributed by atoms with Crippen LogP contribution in [0.4, 0.5) is 0 Å². The molecule has 4 nitrogen and oxygen atoms in total. The average molecular weight is 265 g/mol. The maximum absolute atomic E-state index is 11.7. The van der Waals surface area contributed by atoms with E-state index in [1.54, 1.807) is 6.92 Å². The Morgan fingerprint density at radius 2 is 1.95 bits per heavy atom. The van der Waals surface area contributed by atoms with E-state index in [-0.39, 0.29) is 12.6 Å². The molecule has 0 aromatic heterocycles. The third kappa shape index (κ3) is 4.65. The van der Waals surface area contributed by atoms with Crippen LogP contribution in [0.1, 0.15) is 38.8 Å². The van der Waals surface area contributed by atoms with E-state index in [0.29, 0.717) is 0 Å². The van der Waals surface area contributed by atoms with Gasteiger partial charge in [-0.2, -0.15) is 0 Å². The van der Waals surface area contributed by atoms with Crippen LogP contribution in [0.15, 0.2) is 30.3 Å². The number of carbonyl (C=O) groups is 1. The molecule has 0 amide bonds. The van der Waals surface area contributed by atoms with Crippen molar-refractivity contribution in [3.05, 3.63) is 35.9 Å². The molecule has 1 rings (SSSR count). The Hall–Kier alpha value is -1.39. The van der Waals surface area contributed by atoms with Crippen LogP contribution in [0.5, 0.6) is 0 Å². The zero-order valence-corrected chi connectivity index (χ0v) is 11.8. The molecule has 2 N–H and O–H groups in total. The fraction of sp³-hybridized carbons (Fsp3) is 0.533. The van der Waals surface area contributed by atoms with Gasteiger partial charge in [-0.15, -0.1) is 0 Å². The molecule has 4 heteroatoms. The Bertz CT molecular complexity index is 380. The number of hydrogen-bond donors (Lipinski definition) is 2. The molecule has 0 heterocycles. The number of nitrogens with one attached hydrogen (secondary N) is 1. The van der Waals surface area contributed by atoms with E-state index in [1.165, 1.54) is 0 Å². The van der Waals surface area contributed by atoms with Crippen LogP contribution in [-0.4, -0.2) is 29.8 Å². The number of aliphatic hydroxyl groups excluding tert-OH is 1. The van der Waals surface area contributed by atoms with E-state index in [0.717, 1.165) is 12.0 Å². The minimum atomic E-state index is -1.20. The number of carbonyl (C=O) groups excluding carboxylic acids is 1. The molecule has 3 atom stereocenters. The maximum atomic E-state index is 11.7. The van der Waals surface area contributed by atoms with Gasteiger partial charge in [-0.25, -0.2) is 4.79 Å². The molecule has 0 aliphatic rings. The molecule has 0 saturated heterocycles. The van der Waals surface area contributed by atoms with Crippen LogP contribution in [0, 0.1) is 0 Å². The Kier molecular flexibility index (Phi) is 6.53. The van der Waals surface area contributed by atoms with Crippen molar-refractivity contribution in [2.75, 3.05) is 6.61 Å². The van der Waals surface area contributed by atoms with Gasteiger partial charge < -0.3 is 15.2 Å². The SMILES string of the molecule is CCOC(=O)[C@H](O)[C@H](NC(C)CC)c1ccccc1. The number of hydrogen-bond acceptors (Lipinski definition) is 4. The van der Waals surface area contributed by atoms with E-state index in [1.807, 2.05) is 37.3 Å². The summed E-state index contributed by atoms with van der Waals surface area (Å²) >= 11 is 0. The summed E-state index contributed by atoms with van der Waals surface area (Å²) in [6.07, 6.45) is -0.282. The Morgan fingerprint density at radius 3 is 2.47 bits per heavy atom. The standard InChI is InChI=1S/C15H23NO3/c1-4-11(3)16-13(12-9-7-6-8-10-12)14(17)15(18)19-5-2/h6-11,13-14,16-17H,4-5H2,1-3H3/t11?,13-,14-/m1/s1. The Morgan fingerprint density at radius 1 is 1.32 bits per heavy atom. The molecular formula is C15H23NO3. The van der Waals surface area contributed by atoms with E-state index >= 15 is 0 Å². The van der Waals surface area contributed by atoms with Crippen molar-refractivity contribution in [3.8, 4) is 0 Å². The summed E-state index contributed by atoms with van der Waals surface area (Å²) in [7, 11) is 0. The van der Waals surface area contributed by atoms with E-state index in [4.69, 9.17) is 4.74 Å². The lowest BCUT2D eigenvalue weighted by Gasteiger charge is -2.26. The molecule has 19 heavy (non-hydrogen) atoms. The van der Waals surface area contributed by atoms with Gasteiger partial charge in [0.15, 0.2) is 6.10 Å². The molecule has 1 unspecified atom stereocenters. The molecule has 106 valence electrons. The topological polar surface area (TPSA) is 58.6 Å². The third-order valence-corrected chi connectivity index (χ3v) is 3.08. The lowest BCUT2D eigenvalue weighted by Crippen LogP contribution is -2.41. The van der Waals surface area contributed by atoms with Gasteiger partial charge in [-0.1, -0.05) is 37.3 Å². The summed E-state index contributed by atoms with van der Waals surface area (Å²) in [6, 6.07) is 9.22. The lowest BCUT2D eigenvalue weighted by molar-refractivity contribution is -0.154. The van der Waals surface area contributed by atoms with Crippen molar-refractivity contribution in [2.45, 2.75) is 45.4 Å². The largest absolute Gasteiger partial charge is 0.464 e. The molecule has 1 aromatic rings. The van der Waals surface area contributed by atoms with E-state index < -0.39 is 18.1 Å². The predicted molar refractivity (Wildman–Crippen MR) is 74.7 cm³/mol. The second kappa shape index (κ2) is 7.92. The van der Waals surface area contributed by atoms with Gasteiger partial charge in [-0.3, -0.25) is 0 Å². The molecular weight excluding hydrogens is 242 g/mol. The molecule has 0 bridgehead atoms. The van der Waals surface area contributed by atoms with Crippen molar-refractivity contribution in [2.24, 2.45) is 0 Å². The second-order valence-electron chi connectivity index (χ2n) is 4.56. The Balaban J connectivity index is 2.89. The zero-order chi connectivity index (χ0) is 14.3. The first kappa shape index (κ1) is 15.7. The van der Waals surface area contributed by atoms with E-state index in [2.05, 4.69) is 12.2 Å². The van der Waals surface area contributed by atoms with Crippen LogP contribution in [0.25, 0.3) is 0 Å². The molecule has 0 radical (unpaired) electrons. The summed E-state index contributed by atoms with van der Waals surface area (Å²) in [6.45, 7) is 6.06. The molecule has 1 aromatic carbocycles. The highest BCUT2D eigenvalue weighted by molar-refractivity contribution is 5.75. The van der Waals surface area contributed by atoms with Gasteiger partial charge in [0.1, 0.15) is 0 Å². The third-order valence-electron chi connectivity index (χ3n) is 3.08. The molecule has 0 fully saturated rings. The van der Waals surface area contributed by atoms with Gasteiger partial charge in [0.05, 0.1) is 12.6 Å². The molecule has 0 spiro atoms. The highest BCUT2D eigenvalue weighted by Gasteiger charge is 2.29. The average Bonchev–Trinajstić information content (AvgIpc) is 2.44. The first-order chi connectivity index (χ1) is 9.10. The fourth-order valence-electron chi connectivity index (χ4n) is 1.82. The lowest BCUT2D eigenvalue weighted by atomic mass is 10.00. The van der Waals surface area contributed by atoms with E-state index in [9.17, 15) is 9.90 Å². The maximum Gasteiger partial charge on any atom is 0.336 e. The summed E-state index contributed by atoms with van der Waals surface area (Å²) in [4.78, 5) is 11.7. The highest BCUT2D eigenvalue weighted by atomic mass is 16.5. The number of rotatable bonds is 7. The van der Waals surface area contributed by atoms with Gasteiger partial charge in [-0.05, 0) is 25.8 Å². The van der Waals surface area contributed by atoms with Crippen molar-refractivity contribution in [3.63, 3.8) is 0 Å². The summed E-state index contributed by atoms with van der Waals surface area (Å²) < 4.78 is 4.89. The van der Waals surface area contributed by atoms with Crippen molar-refractivity contribution < 1.29 is 14.6 Å². The van der Waals surface area contributed by atoms with Gasteiger partial charge in [0.25, 0.3) is 0 Å². The number of benzene rings is 1. The summed E-state index contributed by atoms with van der Waals surface area (Å²) in [5.41, 5.74) is 0.878. The van der Waals surface area contributed by atoms with Crippen molar-refractivity contribution >= 4 is 5.97 Å². The van der Waals surface area contributed by atoms with Gasteiger partial charge in [0.2, 0.25) is 0 Å². The molecule has 0 aliphatic heterocycles. The zero-order valence-electron chi connectivity index (χ0n) is 11.8. The van der Waals surface area contributed by atoms with Gasteiger partial charge in [0, 0.05) is 6.04 Å². The second-order valence-corrected chi connectivity index (χ2v) is 4.56. The minimum Gasteiger partial charge on any atom is -0.464 e. The summed E-state index contributed by atoms with van der Waals surface area (Å²) in [5.74, 6) is -0.591. The highest BCUT2D eigenvalue weighted by Crippen LogP contribution is 2.19. The number of esters is 1. The van der Waals surface area contributed by atoms with Crippen LogP contribution >= 0.6 is 0 Å². The first-order valence-corrected chi connectivity index (χ1v) is 6.75. The van der Waals surface area contributed by atoms with Crippen molar-refractivity contribution in [1.29, 1.82) is 0 Å². The monoisotopic (exact) mass is 265 g/mol. The van der Waals surface area contributed by atoms with Crippen LogP contribution < -0.4 is 5.32 Å². The molecule has 0 saturated carbocycles. The quantitative estimate of drug-likeness (QED) is 0.741. The first-order valence-electron chi connectivity index (χ1n) is 6.75. The van der Waals surface area contributed by atoms with Crippen molar-refractivity contribution in [1.82, 2.24) is 5.32 Å². The minimum absolute atomic E-state index is 0.203. The number of ether oxygens (including phenoxy) is 1.